The maximum Gasteiger partial charge on any atom is 0.0387 e. The van der Waals surface area contributed by atoms with Crippen LogP contribution in [0.4, 0.5) is 0 Å². The number of nitrogens with one attached hydrogen (secondary N) is 1. The molecule has 0 unspecified atom stereocenters. The van der Waals surface area contributed by atoms with Crippen molar-refractivity contribution in [3.8, 4) is 0 Å². The summed E-state index contributed by atoms with van der Waals surface area (Å²) in [6.45, 7) is 5.89. The van der Waals surface area contributed by atoms with E-state index in [0.717, 1.165) is 18.3 Å². The smallest absolute Gasteiger partial charge is 0.0387 e. The molecule has 13 heavy (non-hydrogen) atoms. The summed E-state index contributed by atoms with van der Waals surface area (Å²) in [5.41, 5.74) is 0.461. The van der Waals surface area contributed by atoms with Gasteiger partial charge in [-0.15, -0.1) is 0 Å². The first-order valence-electron chi connectivity index (χ1n) is 5.48. The van der Waals surface area contributed by atoms with Crippen molar-refractivity contribution in [3.63, 3.8) is 0 Å². The van der Waals surface area contributed by atoms with Crippen LogP contribution >= 0.6 is 12.6 Å². The number of thiol groups is 1. The van der Waals surface area contributed by atoms with Crippen molar-refractivity contribution in [2.75, 3.05) is 12.4 Å². The molecular formula is C11H23NS. The van der Waals surface area contributed by atoms with Crippen LogP contribution in [0.3, 0.4) is 0 Å². The Bertz CT molecular complexity index is 139. The van der Waals surface area contributed by atoms with E-state index < -0.39 is 0 Å². The summed E-state index contributed by atoms with van der Waals surface area (Å²) in [6, 6.07) is 0. The predicted molar refractivity (Wildman–Crippen MR) is 62.2 cm³/mol. The topological polar surface area (TPSA) is 12.0 Å². The van der Waals surface area contributed by atoms with Crippen molar-refractivity contribution in [3.05, 3.63) is 0 Å². The van der Waals surface area contributed by atoms with Gasteiger partial charge in [0.05, 0.1) is 0 Å². The maximum absolute atomic E-state index is 4.19. The lowest BCUT2D eigenvalue weighted by Gasteiger charge is -2.37. The van der Waals surface area contributed by atoms with Crippen molar-refractivity contribution >= 4 is 12.6 Å². The molecule has 1 aliphatic carbocycles. The molecular weight excluding hydrogens is 178 g/mol. The third-order valence-corrected chi connectivity index (χ3v) is 3.63. The molecule has 1 saturated carbocycles. The van der Waals surface area contributed by atoms with Crippen LogP contribution in [0.15, 0.2) is 0 Å². The average Bonchev–Trinajstić information content (AvgIpc) is 2.16. The van der Waals surface area contributed by atoms with E-state index in [1.54, 1.807) is 0 Å². The highest BCUT2D eigenvalue weighted by Crippen LogP contribution is 2.37. The zero-order valence-corrected chi connectivity index (χ0v) is 9.87. The Hall–Kier alpha value is 0.310. The third-order valence-electron chi connectivity index (χ3n) is 3.40. The van der Waals surface area contributed by atoms with Gasteiger partial charge in [-0.3, -0.25) is 0 Å². The second-order valence-corrected chi connectivity index (χ2v) is 5.22. The lowest BCUT2D eigenvalue weighted by atomic mass is 9.71. The Morgan fingerprint density at radius 1 is 1.23 bits per heavy atom. The molecule has 0 radical (unpaired) electrons. The second kappa shape index (κ2) is 5.26. The summed E-state index contributed by atoms with van der Waals surface area (Å²) < 4.78 is 0. The third kappa shape index (κ3) is 3.51. The number of hydrogen-bond acceptors (Lipinski definition) is 2. The standard InChI is InChI=1S/C11H23NS/c1-11(2,8-12-9-13)10-6-4-3-5-7-10/h10,12-13H,3-9H2,1-2H3. The van der Waals surface area contributed by atoms with Gasteiger partial charge in [0.25, 0.3) is 0 Å². The fourth-order valence-electron chi connectivity index (χ4n) is 2.41. The zero-order chi connectivity index (χ0) is 9.73. The predicted octanol–water partition coefficient (Wildman–Crippen LogP) is 3.07. The molecule has 0 amide bonds. The Balaban J connectivity index is 2.36. The second-order valence-electron chi connectivity index (χ2n) is 4.91. The molecule has 1 N–H and O–H groups in total. The van der Waals surface area contributed by atoms with Gasteiger partial charge in [-0.2, -0.15) is 12.6 Å². The number of rotatable bonds is 4. The van der Waals surface area contributed by atoms with Gasteiger partial charge in [0.2, 0.25) is 0 Å². The average molecular weight is 201 g/mol. The van der Waals surface area contributed by atoms with Crippen LogP contribution in [0.5, 0.6) is 0 Å². The molecule has 0 aromatic rings. The van der Waals surface area contributed by atoms with Crippen molar-refractivity contribution in [1.82, 2.24) is 5.32 Å². The summed E-state index contributed by atoms with van der Waals surface area (Å²) in [6.07, 6.45) is 7.19. The summed E-state index contributed by atoms with van der Waals surface area (Å²) in [5.74, 6) is 1.73. The molecule has 1 rings (SSSR count). The maximum atomic E-state index is 4.19. The largest absolute Gasteiger partial charge is 0.308 e. The van der Waals surface area contributed by atoms with E-state index in [0.29, 0.717) is 5.41 Å². The molecule has 0 atom stereocenters. The van der Waals surface area contributed by atoms with Gasteiger partial charge < -0.3 is 5.32 Å². The first kappa shape index (κ1) is 11.4. The monoisotopic (exact) mass is 201 g/mol. The number of hydrogen-bond donors (Lipinski definition) is 2. The van der Waals surface area contributed by atoms with E-state index in [2.05, 4.69) is 31.8 Å². The Morgan fingerprint density at radius 3 is 2.38 bits per heavy atom. The van der Waals surface area contributed by atoms with E-state index in [1.807, 2.05) is 0 Å². The van der Waals surface area contributed by atoms with E-state index >= 15 is 0 Å². The van der Waals surface area contributed by atoms with Crippen molar-refractivity contribution in [1.29, 1.82) is 0 Å². The van der Waals surface area contributed by atoms with Crippen LogP contribution in [0, 0.1) is 11.3 Å². The van der Waals surface area contributed by atoms with Crippen LogP contribution in [0.2, 0.25) is 0 Å². The molecule has 0 aromatic carbocycles. The highest BCUT2D eigenvalue weighted by Gasteiger charge is 2.29. The van der Waals surface area contributed by atoms with Crippen LogP contribution in [-0.2, 0) is 0 Å². The van der Waals surface area contributed by atoms with E-state index in [9.17, 15) is 0 Å². The molecule has 1 fully saturated rings. The summed E-state index contributed by atoms with van der Waals surface area (Å²) in [4.78, 5) is 0. The van der Waals surface area contributed by atoms with Crippen LogP contribution in [-0.4, -0.2) is 12.4 Å². The molecule has 2 heteroatoms. The summed E-state index contributed by atoms with van der Waals surface area (Å²) in [5, 5.41) is 3.35. The lowest BCUT2D eigenvalue weighted by Crippen LogP contribution is -2.36. The molecule has 0 spiro atoms. The molecule has 0 aromatic heterocycles. The van der Waals surface area contributed by atoms with Crippen LogP contribution in [0.25, 0.3) is 0 Å². The molecule has 78 valence electrons. The summed E-state index contributed by atoms with van der Waals surface area (Å²) >= 11 is 4.19. The highest BCUT2D eigenvalue weighted by molar-refractivity contribution is 7.80. The minimum absolute atomic E-state index is 0.461. The first-order valence-corrected chi connectivity index (χ1v) is 6.11. The molecule has 0 aliphatic heterocycles. The van der Waals surface area contributed by atoms with Gasteiger partial charge in [0.15, 0.2) is 0 Å². The summed E-state index contributed by atoms with van der Waals surface area (Å²) in [7, 11) is 0. The fourth-order valence-corrected chi connectivity index (χ4v) is 2.52. The fraction of sp³-hybridized carbons (Fsp3) is 1.00. The molecule has 0 heterocycles. The highest BCUT2D eigenvalue weighted by atomic mass is 32.1. The minimum Gasteiger partial charge on any atom is -0.308 e. The van der Waals surface area contributed by atoms with Crippen molar-refractivity contribution in [2.24, 2.45) is 11.3 Å². The molecule has 1 nitrogen and oxygen atoms in total. The van der Waals surface area contributed by atoms with Gasteiger partial charge in [0, 0.05) is 12.4 Å². The normalized spacial score (nSPS) is 20.5. The van der Waals surface area contributed by atoms with Gasteiger partial charge in [0.1, 0.15) is 0 Å². The van der Waals surface area contributed by atoms with E-state index in [1.165, 1.54) is 32.1 Å². The van der Waals surface area contributed by atoms with Crippen LogP contribution < -0.4 is 5.32 Å². The minimum atomic E-state index is 0.461. The van der Waals surface area contributed by atoms with Crippen molar-refractivity contribution in [2.45, 2.75) is 46.0 Å². The Labute approximate surface area is 88.1 Å². The molecule has 0 bridgehead atoms. The Kier molecular flexibility index (Phi) is 4.60. The van der Waals surface area contributed by atoms with Gasteiger partial charge in [-0.25, -0.2) is 0 Å². The van der Waals surface area contributed by atoms with E-state index in [4.69, 9.17) is 0 Å². The zero-order valence-electron chi connectivity index (χ0n) is 8.97. The lowest BCUT2D eigenvalue weighted by molar-refractivity contribution is 0.157. The van der Waals surface area contributed by atoms with Gasteiger partial charge >= 0.3 is 0 Å². The molecule has 1 aliphatic rings. The van der Waals surface area contributed by atoms with Crippen LogP contribution in [0.1, 0.15) is 46.0 Å². The SMILES string of the molecule is CC(C)(CNCS)C1CCCCC1. The van der Waals surface area contributed by atoms with Gasteiger partial charge in [-0.05, 0) is 24.2 Å². The molecule has 0 saturated heterocycles. The Morgan fingerprint density at radius 2 is 1.85 bits per heavy atom. The van der Waals surface area contributed by atoms with Gasteiger partial charge in [-0.1, -0.05) is 33.1 Å². The quantitative estimate of drug-likeness (QED) is 0.526. The van der Waals surface area contributed by atoms with E-state index in [-0.39, 0.29) is 0 Å². The van der Waals surface area contributed by atoms with Crippen molar-refractivity contribution < 1.29 is 0 Å². The first-order chi connectivity index (χ1) is 6.17.